The number of para-hydroxylation sites is 1. The van der Waals surface area contributed by atoms with E-state index in [1.54, 1.807) is 12.1 Å². The zero-order valence-electron chi connectivity index (χ0n) is 16.7. The Morgan fingerprint density at radius 1 is 1.34 bits per heavy atom. The van der Waals surface area contributed by atoms with Crippen molar-refractivity contribution in [2.45, 2.75) is 46.6 Å². The maximum absolute atomic E-state index is 13.7. The summed E-state index contributed by atoms with van der Waals surface area (Å²) in [6.45, 7) is 6.43. The largest absolute Gasteiger partial charge is 0.322 e. The first-order chi connectivity index (χ1) is 13.7. The van der Waals surface area contributed by atoms with Crippen molar-refractivity contribution in [2.75, 3.05) is 5.32 Å². The van der Waals surface area contributed by atoms with Gasteiger partial charge in [-0.3, -0.25) is 9.59 Å². The van der Waals surface area contributed by atoms with Crippen LogP contribution in [0.1, 0.15) is 37.6 Å². The molecule has 8 heteroatoms. The predicted molar refractivity (Wildman–Crippen MR) is 112 cm³/mol. The van der Waals surface area contributed by atoms with Gasteiger partial charge in [-0.1, -0.05) is 38.1 Å². The first-order valence-corrected chi connectivity index (χ1v) is 10.5. The molecule has 152 valence electrons. The summed E-state index contributed by atoms with van der Waals surface area (Å²) in [5.74, 6) is -0.498. The minimum Gasteiger partial charge on any atom is -0.322 e. The summed E-state index contributed by atoms with van der Waals surface area (Å²) in [4.78, 5) is 27.1. The molecule has 0 fully saturated rings. The number of aryl methyl sites for hydroxylation is 1. The van der Waals surface area contributed by atoms with Gasteiger partial charge in [0.1, 0.15) is 12.4 Å². The fourth-order valence-electron chi connectivity index (χ4n) is 3.86. The van der Waals surface area contributed by atoms with Gasteiger partial charge in [-0.2, -0.15) is 0 Å². The van der Waals surface area contributed by atoms with Gasteiger partial charge in [0.25, 0.3) is 5.56 Å². The molecule has 1 aliphatic rings. The SMILES string of the molecule is CC(C)(C)C1CCc2c(sc3nnn(CC(=O)Nc4ccccc4F)c(=O)c23)C1. The molecule has 0 aliphatic heterocycles. The van der Waals surface area contributed by atoms with Crippen molar-refractivity contribution < 1.29 is 9.18 Å². The minimum atomic E-state index is -0.532. The second-order valence-electron chi connectivity index (χ2n) is 8.57. The Balaban J connectivity index is 1.61. The first-order valence-electron chi connectivity index (χ1n) is 9.66. The molecule has 1 amide bonds. The minimum absolute atomic E-state index is 0.0701. The number of carbonyl (C=O) groups is 1. The number of nitrogens with one attached hydrogen (secondary N) is 1. The summed E-state index contributed by atoms with van der Waals surface area (Å²) in [5, 5.41) is 11.2. The van der Waals surface area contributed by atoms with E-state index in [1.807, 2.05) is 0 Å². The molecule has 2 heterocycles. The molecular formula is C21H23FN4O2S. The van der Waals surface area contributed by atoms with Crippen LogP contribution in [0, 0.1) is 17.2 Å². The third-order valence-electron chi connectivity index (χ3n) is 5.60. The number of fused-ring (bicyclic) bond motifs is 3. The molecule has 1 N–H and O–H groups in total. The van der Waals surface area contributed by atoms with Crippen molar-refractivity contribution in [1.29, 1.82) is 0 Å². The number of rotatable bonds is 3. The van der Waals surface area contributed by atoms with Crippen LogP contribution < -0.4 is 10.9 Å². The fourth-order valence-corrected chi connectivity index (χ4v) is 5.09. The number of hydrogen-bond acceptors (Lipinski definition) is 5. The topological polar surface area (TPSA) is 76.9 Å². The molecule has 6 nitrogen and oxygen atoms in total. The van der Waals surface area contributed by atoms with Gasteiger partial charge in [0, 0.05) is 4.88 Å². The van der Waals surface area contributed by atoms with Crippen molar-refractivity contribution in [3.8, 4) is 0 Å². The van der Waals surface area contributed by atoms with Gasteiger partial charge in [0.2, 0.25) is 5.91 Å². The molecule has 0 saturated heterocycles. The fraction of sp³-hybridized carbons (Fsp3) is 0.429. The lowest BCUT2D eigenvalue weighted by molar-refractivity contribution is -0.117. The van der Waals surface area contributed by atoms with E-state index < -0.39 is 11.7 Å². The third-order valence-corrected chi connectivity index (χ3v) is 6.74. The summed E-state index contributed by atoms with van der Waals surface area (Å²) >= 11 is 1.53. The van der Waals surface area contributed by atoms with Gasteiger partial charge in [-0.15, -0.1) is 16.4 Å². The first kappa shape index (κ1) is 19.7. The van der Waals surface area contributed by atoms with E-state index in [9.17, 15) is 14.0 Å². The normalized spacial score (nSPS) is 16.6. The second-order valence-corrected chi connectivity index (χ2v) is 9.65. The van der Waals surface area contributed by atoms with E-state index in [2.05, 4.69) is 36.4 Å². The van der Waals surface area contributed by atoms with E-state index in [4.69, 9.17) is 0 Å². The number of anilines is 1. The van der Waals surface area contributed by atoms with E-state index in [0.29, 0.717) is 16.1 Å². The number of amides is 1. The average molecular weight is 415 g/mol. The standard InChI is InChI=1S/C21H23FN4O2S/c1-21(2,3)12-8-9-13-16(10-12)29-19-18(13)20(28)26(25-24-19)11-17(27)23-15-7-5-4-6-14(15)22/h4-7,12H,8-11H2,1-3H3,(H,23,27). The third kappa shape index (κ3) is 3.81. The Hall–Kier alpha value is -2.61. The smallest absolute Gasteiger partial charge is 0.279 e. The Kier molecular flexibility index (Phi) is 4.98. The van der Waals surface area contributed by atoms with E-state index in [1.165, 1.54) is 28.3 Å². The van der Waals surface area contributed by atoms with Crippen LogP contribution in [0.15, 0.2) is 29.1 Å². The lowest BCUT2D eigenvalue weighted by Gasteiger charge is -2.33. The summed E-state index contributed by atoms with van der Waals surface area (Å²) in [6.07, 6.45) is 2.80. The summed E-state index contributed by atoms with van der Waals surface area (Å²) in [5.41, 5.74) is 1.02. The number of benzene rings is 1. The highest BCUT2D eigenvalue weighted by molar-refractivity contribution is 7.18. The second kappa shape index (κ2) is 7.33. The molecule has 2 aromatic heterocycles. The Morgan fingerprint density at radius 3 is 2.83 bits per heavy atom. The number of hydrogen-bond donors (Lipinski definition) is 1. The van der Waals surface area contributed by atoms with Gasteiger partial charge in [-0.25, -0.2) is 9.07 Å². The van der Waals surface area contributed by atoms with E-state index in [-0.39, 0.29) is 23.2 Å². The van der Waals surface area contributed by atoms with Crippen LogP contribution in [-0.4, -0.2) is 20.9 Å². The number of thiophene rings is 1. The number of halogens is 1. The van der Waals surface area contributed by atoms with Crippen molar-refractivity contribution in [2.24, 2.45) is 11.3 Å². The number of carbonyl (C=O) groups excluding carboxylic acids is 1. The zero-order chi connectivity index (χ0) is 20.8. The molecule has 0 bridgehead atoms. The van der Waals surface area contributed by atoms with Crippen LogP contribution in [0.4, 0.5) is 10.1 Å². The number of aromatic nitrogens is 3. The molecule has 1 aliphatic carbocycles. The van der Waals surface area contributed by atoms with Crippen LogP contribution >= 0.6 is 11.3 Å². The quantitative estimate of drug-likeness (QED) is 0.708. The van der Waals surface area contributed by atoms with Crippen molar-refractivity contribution in [1.82, 2.24) is 15.0 Å². The molecule has 4 rings (SSSR count). The molecule has 29 heavy (non-hydrogen) atoms. The van der Waals surface area contributed by atoms with E-state index >= 15 is 0 Å². The molecule has 3 aromatic rings. The highest BCUT2D eigenvalue weighted by Gasteiger charge is 2.32. The van der Waals surface area contributed by atoms with E-state index in [0.717, 1.165) is 29.5 Å². The average Bonchev–Trinajstić information content (AvgIpc) is 3.03. The van der Waals surface area contributed by atoms with Crippen LogP contribution in [-0.2, 0) is 24.2 Å². The summed E-state index contributed by atoms with van der Waals surface area (Å²) < 4.78 is 14.8. The molecular weight excluding hydrogens is 391 g/mol. The van der Waals surface area contributed by atoms with Gasteiger partial charge >= 0.3 is 0 Å². The van der Waals surface area contributed by atoms with Crippen LogP contribution in [0.25, 0.3) is 10.2 Å². The monoisotopic (exact) mass is 414 g/mol. The van der Waals surface area contributed by atoms with Gasteiger partial charge < -0.3 is 5.32 Å². The molecule has 1 atom stereocenters. The molecule has 0 saturated carbocycles. The lowest BCUT2D eigenvalue weighted by Crippen LogP contribution is -2.31. The van der Waals surface area contributed by atoms with Crippen LogP contribution in [0.2, 0.25) is 0 Å². The maximum Gasteiger partial charge on any atom is 0.279 e. The lowest BCUT2D eigenvalue weighted by atomic mass is 9.72. The Labute approximate surface area is 171 Å². The number of nitrogens with zero attached hydrogens (tertiary/aromatic N) is 3. The van der Waals surface area contributed by atoms with Gasteiger partial charge in [-0.05, 0) is 48.3 Å². The Morgan fingerprint density at radius 2 is 2.10 bits per heavy atom. The highest BCUT2D eigenvalue weighted by Crippen LogP contribution is 2.41. The molecule has 1 unspecified atom stereocenters. The zero-order valence-corrected chi connectivity index (χ0v) is 17.5. The van der Waals surface area contributed by atoms with Gasteiger partial charge in [0.15, 0.2) is 4.83 Å². The molecule has 0 spiro atoms. The van der Waals surface area contributed by atoms with Crippen molar-refractivity contribution in [3.63, 3.8) is 0 Å². The van der Waals surface area contributed by atoms with Crippen LogP contribution in [0.5, 0.6) is 0 Å². The molecule has 0 radical (unpaired) electrons. The highest BCUT2D eigenvalue weighted by atomic mass is 32.1. The molecule has 1 aromatic carbocycles. The summed E-state index contributed by atoms with van der Waals surface area (Å²) in [7, 11) is 0. The predicted octanol–water partition coefficient (Wildman–Crippen LogP) is 3.78. The van der Waals surface area contributed by atoms with Crippen molar-refractivity contribution in [3.05, 3.63) is 50.9 Å². The Bertz CT molecular complexity index is 1150. The van der Waals surface area contributed by atoms with Crippen LogP contribution in [0.3, 0.4) is 0 Å². The maximum atomic E-state index is 13.7. The summed E-state index contributed by atoms with van der Waals surface area (Å²) in [6, 6.07) is 5.89. The van der Waals surface area contributed by atoms with Gasteiger partial charge in [0.05, 0.1) is 11.1 Å². The van der Waals surface area contributed by atoms with Crippen molar-refractivity contribution >= 4 is 33.1 Å².